The second kappa shape index (κ2) is 21.1. The summed E-state index contributed by atoms with van der Waals surface area (Å²) in [6.07, 6.45) is 0. The molecule has 0 heterocycles. The number of phenolic OH excluding ortho intramolecular Hbond substituents is 8. The van der Waals surface area contributed by atoms with Crippen molar-refractivity contribution in [3.05, 3.63) is 191 Å². The number of benzene rings is 8. The van der Waals surface area contributed by atoms with Crippen molar-refractivity contribution in [1.29, 1.82) is 0 Å². The van der Waals surface area contributed by atoms with Crippen LogP contribution in [0.5, 0.6) is 46.0 Å². The van der Waals surface area contributed by atoms with Gasteiger partial charge in [-0.25, -0.2) is 48.3 Å². The van der Waals surface area contributed by atoms with Crippen LogP contribution in [0.3, 0.4) is 0 Å². The summed E-state index contributed by atoms with van der Waals surface area (Å²) in [6, 6.07) is 21.0. The molecule has 0 radical (unpaired) electrons. The fourth-order valence-electron chi connectivity index (χ4n) is 5.75. The maximum absolute atomic E-state index is 13.5. The van der Waals surface area contributed by atoms with Gasteiger partial charge in [0.2, 0.25) is 5.82 Å². The fourth-order valence-corrected chi connectivity index (χ4v) is 5.75. The molecule has 0 aliphatic rings. The second-order valence-corrected chi connectivity index (χ2v) is 13.8. The van der Waals surface area contributed by atoms with E-state index in [1.54, 1.807) is 0 Å². The zero-order chi connectivity index (χ0) is 50.3. The van der Waals surface area contributed by atoms with Gasteiger partial charge in [0.1, 0.15) is 17.3 Å². The van der Waals surface area contributed by atoms with Gasteiger partial charge >= 0.3 is 0 Å². The summed E-state index contributed by atoms with van der Waals surface area (Å²) in [4.78, 5) is 0. The molecule has 20 heteroatoms. The van der Waals surface area contributed by atoms with Gasteiger partial charge in [-0.1, -0.05) is 18.2 Å². The number of rotatable bonds is 4. The van der Waals surface area contributed by atoms with Crippen molar-refractivity contribution < 1.29 is 93.5 Å². The number of hydrogen-bond donors (Lipinski definition) is 8. The first-order valence-electron chi connectivity index (χ1n) is 18.6. The van der Waals surface area contributed by atoms with E-state index in [2.05, 4.69) is 0 Å². The van der Waals surface area contributed by atoms with Crippen molar-refractivity contribution >= 4 is 0 Å². The summed E-state index contributed by atoms with van der Waals surface area (Å²) in [5.74, 6) is -19.9. The molecule has 0 aliphatic carbocycles. The van der Waals surface area contributed by atoms with Crippen LogP contribution in [0, 0.1) is 69.8 Å². The summed E-state index contributed by atoms with van der Waals surface area (Å²) in [5.41, 5.74) is 0.261. The zero-order valence-electron chi connectivity index (χ0n) is 33.7. The van der Waals surface area contributed by atoms with E-state index in [4.69, 9.17) is 40.9 Å². The monoisotopic (exact) mass is 960 g/mol. The first-order chi connectivity index (χ1) is 32.0. The van der Waals surface area contributed by atoms with Crippen LogP contribution >= 0.6 is 0 Å². The molecule has 0 aliphatic heterocycles. The van der Waals surface area contributed by atoms with Crippen LogP contribution in [0.15, 0.2) is 121 Å². The van der Waals surface area contributed by atoms with Crippen molar-refractivity contribution in [3.8, 4) is 90.5 Å². The van der Waals surface area contributed by atoms with E-state index in [1.165, 1.54) is 42.5 Å². The molecule has 0 saturated carbocycles. The molecule has 8 aromatic carbocycles. The minimum Gasteiger partial charge on any atom is -0.508 e. The molecule has 0 atom stereocenters. The number of aromatic hydroxyl groups is 8. The summed E-state index contributed by atoms with van der Waals surface area (Å²) in [6.45, 7) is 0. The first kappa shape index (κ1) is 50.3. The van der Waals surface area contributed by atoms with Gasteiger partial charge < -0.3 is 40.9 Å². The number of halogens is 12. The highest BCUT2D eigenvalue weighted by Crippen LogP contribution is 2.35. The molecule has 0 unspecified atom stereocenters. The number of phenols is 8. The zero-order valence-corrected chi connectivity index (χ0v) is 33.7. The van der Waals surface area contributed by atoms with Gasteiger partial charge in [0.15, 0.2) is 92.7 Å². The Morgan fingerprint density at radius 1 is 0.221 bits per heavy atom. The van der Waals surface area contributed by atoms with E-state index in [-0.39, 0.29) is 39.3 Å². The van der Waals surface area contributed by atoms with Gasteiger partial charge in [-0.05, 0) is 130 Å². The van der Waals surface area contributed by atoms with E-state index in [0.29, 0.717) is 23.3 Å². The van der Waals surface area contributed by atoms with Gasteiger partial charge in [0.25, 0.3) is 0 Å². The molecule has 68 heavy (non-hydrogen) atoms. The molecule has 352 valence electrons. The Balaban J connectivity index is 0.000000170. The molecule has 0 amide bonds. The molecule has 8 nitrogen and oxygen atoms in total. The minimum atomic E-state index is -1.51. The average molecular weight is 961 g/mol. The maximum Gasteiger partial charge on any atom is 0.200 e. The Kier molecular flexibility index (Phi) is 15.6. The molecular formula is C48H28F12O8. The summed E-state index contributed by atoms with van der Waals surface area (Å²) in [7, 11) is 0. The number of hydrogen-bond acceptors (Lipinski definition) is 8. The minimum absolute atomic E-state index is 0.0599. The summed E-state index contributed by atoms with van der Waals surface area (Å²) >= 11 is 0. The van der Waals surface area contributed by atoms with Crippen molar-refractivity contribution in [2.45, 2.75) is 0 Å². The van der Waals surface area contributed by atoms with Crippen molar-refractivity contribution in [1.82, 2.24) is 0 Å². The largest absolute Gasteiger partial charge is 0.508 e. The Morgan fingerprint density at radius 3 is 0.956 bits per heavy atom. The smallest absolute Gasteiger partial charge is 0.200 e. The van der Waals surface area contributed by atoms with E-state index in [9.17, 15) is 52.7 Å². The van der Waals surface area contributed by atoms with E-state index < -0.39 is 110 Å². The lowest BCUT2D eigenvalue weighted by molar-refractivity contribution is 0.396. The lowest BCUT2D eigenvalue weighted by Crippen LogP contribution is -1.92. The van der Waals surface area contributed by atoms with Crippen LogP contribution in [0.2, 0.25) is 0 Å². The van der Waals surface area contributed by atoms with Gasteiger partial charge in [0, 0.05) is 17.2 Å². The van der Waals surface area contributed by atoms with Gasteiger partial charge in [-0.2, -0.15) is 4.39 Å². The standard InChI is InChI=1S/C12H6F4O2.2C12H7F3O2.C12H8F2O2/c13-7-3-5(4-8(14)12(7)18)6-1-2-9(17)11(16)10(6)15;13-9-5-7(16)1-2-8(9)6-3-10(14)12(17)11(15)4-6;13-8-3-6(1-2-11(8)16)7-4-9(14)12(17)10(15)5-7;13-10-5-8(6-11(14)12(10)16)7-1-3-9(15)4-2-7/h1-4,17-18H;2*1-5,16-17H;1-6,15-16H. The molecule has 8 rings (SSSR count). The van der Waals surface area contributed by atoms with Crippen LogP contribution in [0.1, 0.15) is 0 Å². The summed E-state index contributed by atoms with van der Waals surface area (Å²) in [5, 5.41) is 71.6. The van der Waals surface area contributed by atoms with Crippen molar-refractivity contribution in [3.63, 3.8) is 0 Å². The van der Waals surface area contributed by atoms with Crippen LogP contribution in [-0.4, -0.2) is 40.9 Å². The van der Waals surface area contributed by atoms with E-state index in [0.717, 1.165) is 66.7 Å². The topological polar surface area (TPSA) is 162 Å². The lowest BCUT2D eigenvalue weighted by Gasteiger charge is -2.07. The highest BCUT2D eigenvalue weighted by molar-refractivity contribution is 5.69. The third-order valence-corrected chi connectivity index (χ3v) is 9.19. The molecule has 0 spiro atoms. The molecule has 0 aromatic heterocycles. The average Bonchev–Trinajstić information content (AvgIpc) is 3.29. The van der Waals surface area contributed by atoms with Crippen LogP contribution in [0.25, 0.3) is 44.5 Å². The molecule has 0 fully saturated rings. The van der Waals surface area contributed by atoms with Crippen LogP contribution in [0.4, 0.5) is 52.7 Å². The maximum atomic E-state index is 13.5. The second-order valence-electron chi connectivity index (χ2n) is 13.8. The molecule has 0 saturated heterocycles. The third-order valence-electron chi connectivity index (χ3n) is 9.19. The predicted octanol–water partition coefficient (Wildman–Crippen LogP) is 12.7. The van der Waals surface area contributed by atoms with Crippen molar-refractivity contribution in [2.75, 3.05) is 0 Å². The Morgan fingerprint density at radius 2 is 0.544 bits per heavy atom. The van der Waals surface area contributed by atoms with Gasteiger partial charge in [-0.3, -0.25) is 0 Å². The Labute approximate surface area is 374 Å². The Bertz CT molecular complexity index is 3060. The fraction of sp³-hybridized carbons (Fsp3) is 0. The van der Waals surface area contributed by atoms with E-state index in [1.807, 2.05) is 0 Å². The van der Waals surface area contributed by atoms with Crippen molar-refractivity contribution in [2.24, 2.45) is 0 Å². The quantitative estimate of drug-likeness (QED) is 0.0809. The van der Waals surface area contributed by atoms with E-state index >= 15 is 0 Å². The predicted molar refractivity (Wildman–Crippen MR) is 220 cm³/mol. The normalized spacial score (nSPS) is 10.5. The molecule has 8 N–H and O–H groups in total. The summed E-state index contributed by atoms with van der Waals surface area (Å²) < 4.78 is 158. The molecular weight excluding hydrogens is 932 g/mol. The van der Waals surface area contributed by atoms with Gasteiger partial charge in [-0.15, -0.1) is 0 Å². The SMILES string of the molecule is Oc1ccc(-c2cc(F)c(O)c(F)c2)c(F)c1.Oc1ccc(-c2cc(F)c(O)c(F)c2)c(F)c1F.Oc1ccc(-c2cc(F)c(O)c(F)c2)cc1.Oc1ccc(-c2cc(F)c(O)c(F)c2)cc1F. The van der Waals surface area contributed by atoms with Gasteiger partial charge in [0.05, 0.1) is 0 Å². The first-order valence-corrected chi connectivity index (χ1v) is 18.6. The lowest BCUT2D eigenvalue weighted by atomic mass is 10.0. The third kappa shape index (κ3) is 11.8. The molecule has 0 bridgehead atoms. The Hall–Kier alpha value is -8.68. The van der Waals surface area contributed by atoms with Crippen LogP contribution < -0.4 is 0 Å². The molecule has 8 aromatic rings. The highest BCUT2D eigenvalue weighted by atomic mass is 19.2. The highest BCUT2D eigenvalue weighted by Gasteiger charge is 2.19. The van der Waals surface area contributed by atoms with Crippen LogP contribution in [-0.2, 0) is 0 Å².